The zero-order chi connectivity index (χ0) is 10.3. The minimum absolute atomic E-state index is 0.142. The van der Waals surface area contributed by atoms with Gasteiger partial charge in [0, 0.05) is 13.1 Å². The molecule has 0 saturated carbocycles. The molecule has 1 atom stereocenters. The average Bonchev–Trinajstić information content (AvgIpc) is 2.82. The van der Waals surface area contributed by atoms with Crippen molar-refractivity contribution < 1.29 is 9.59 Å². The predicted molar refractivity (Wildman–Crippen MR) is 50.8 cm³/mol. The van der Waals surface area contributed by atoms with Crippen molar-refractivity contribution in [2.24, 2.45) is 5.92 Å². The van der Waals surface area contributed by atoms with Gasteiger partial charge < -0.3 is 10.2 Å². The van der Waals surface area contributed by atoms with E-state index in [0.29, 0.717) is 25.0 Å². The van der Waals surface area contributed by atoms with Gasteiger partial charge in [0.25, 0.3) is 0 Å². The monoisotopic (exact) mass is 197 g/mol. The first-order valence-electron chi connectivity index (χ1n) is 4.95. The third-order valence-corrected chi connectivity index (χ3v) is 2.49. The molecule has 14 heavy (non-hydrogen) atoms. The van der Waals surface area contributed by atoms with Crippen molar-refractivity contribution in [1.82, 2.24) is 15.1 Å². The summed E-state index contributed by atoms with van der Waals surface area (Å²) in [7, 11) is 0. The number of hydrogen-bond donors (Lipinski definition) is 1. The fourth-order valence-corrected chi connectivity index (χ4v) is 1.57. The van der Waals surface area contributed by atoms with E-state index in [1.54, 1.807) is 4.90 Å². The lowest BCUT2D eigenvalue weighted by molar-refractivity contribution is 0.189. The second-order valence-corrected chi connectivity index (χ2v) is 4.28. The molecular weight excluding hydrogens is 182 g/mol. The van der Waals surface area contributed by atoms with Crippen LogP contribution in [0.4, 0.5) is 9.59 Å². The summed E-state index contributed by atoms with van der Waals surface area (Å²) in [6.07, 6.45) is 0. The zero-order valence-electron chi connectivity index (χ0n) is 8.49. The van der Waals surface area contributed by atoms with Gasteiger partial charge in [0.2, 0.25) is 0 Å². The van der Waals surface area contributed by atoms with Gasteiger partial charge in [-0.2, -0.15) is 0 Å². The van der Waals surface area contributed by atoms with Crippen molar-refractivity contribution in [2.75, 3.05) is 19.6 Å². The van der Waals surface area contributed by atoms with Gasteiger partial charge in [-0.15, -0.1) is 0 Å². The van der Waals surface area contributed by atoms with Crippen molar-refractivity contribution >= 4 is 12.1 Å². The molecule has 2 aliphatic heterocycles. The Morgan fingerprint density at radius 1 is 1.57 bits per heavy atom. The van der Waals surface area contributed by atoms with E-state index in [2.05, 4.69) is 5.32 Å². The van der Waals surface area contributed by atoms with Crippen molar-refractivity contribution in [3.05, 3.63) is 0 Å². The number of urea groups is 2. The number of carbonyl (C=O) groups excluding carboxylic acids is 2. The number of carbonyl (C=O) groups is 2. The van der Waals surface area contributed by atoms with Crippen LogP contribution in [0.2, 0.25) is 0 Å². The summed E-state index contributed by atoms with van der Waals surface area (Å²) in [5.41, 5.74) is 0. The predicted octanol–water partition coefficient (Wildman–Crippen LogP) is 0.472. The molecule has 5 heteroatoms. The van der Waals surface area contributed by atoms with E-state index in [1.807, 2.05) is 13.8 Å². The van der Waals surface area contributed by atoms with E-state index in [-0.39, 0.29) is 12.1 Å². The molecule has 0 bridgehead atoms. The SMILES string of the molecule is CC(C)CNC(=O)N1CC2CN2C1=O. The first-order valence-corrected chi connectivity index (χ1v) is 4.95. The first kappa shape index (κ1) is 9.30. The lowest BCUT2D eigenvalue weighted by Gasteiger charge is -2.16. The third-order valence-electron chi connectivity index (χ3n) is 2.49. The molecule has 2 rings (SSSR count). The normalized spacial score (nSPS) is 24.2. The van der Waals surface area contributed by atoms with Gasteiger partial charge in [-0.1, -0.05) is 13.8 Å². The minimum Gasteiger partial charge on any atom is -0.337 e. The van der Waals surface area contributed by atoms with E-state index < -0.39 is 0 Å². The molecule has 2 fully saturated rings. The van der Waals surface area contributed by atoms with Crippen LogP contribution in [0.1, 0.15) is 13.8 Å². The Balaban J connectivity index is 1.84. The van der Waals surface area contributed by atoms with Gasteiger partial charge in [-0.05, 0) is 5.92 Å². The smallest absolute Gasteiger partial charge is 0.328 e. The van der Waals surface area contributed by atoms with Crippen molar-refractivity contribution in [2.45, 2.75) is 19.9 Å². The number of nitrogens with one attached hydrogen (secondary N) is 1. The summed E-state index contributed by atoms with van der Waals surface area (Å²) in [6.45, 7) is 6.04. The molecule has 2 saturated heterocycles. The lowest BCUT2D eigenvalue weighted by atomic mass is 10.2. The van der Waals surface area contributed by atoms with E-state index in [4.69, 9.17) is 0 Å². The zero-order valence-corrected chi connectivity index (χ0v) is 8.49. The number of nitrogens with zero attached hydrogens (tertiary/aromatic N) is 2. The van der Waals surface area contributed by atoms with Crippen LogP contribution in [-0.2, 0) is 0 Å². The number of fused-ring (bicyclic) bond motifs is 1. The molecule has 78 valence electrons. The molecule has 0 aromatic rings. The van der Waals surface area contributed by atoms with Crippen LogP contribution in [0.3, 0.4) is 0 Å². The highest BCUT2D eigenvalue weighted by Gasteiger charge is 2.50. The summed E-state index contributed by atoms with van der Waals surface area (Å²) >= 11 is 0. The number of imide groups is 1. The summed E-state index contributed by atoms with van der Waals surface area (Å²) in [5.74, 6) is 0.409. The molecule has 0 radical (unpaired) electrons. The van der Waals surface area contributed by atoms with E-state index >= 15 is 0 Å². The first-order chi connectivity index (χ1) is 6.59. The summed E-state index contributed by atoms with van der Waals surface area (Å²) in [4.78, 5) is 25.9. The maximum Gasteiger partial charge on any atom is 0.328 e. The molecular formula is C9H15N3O2. The van der Waals surface area contributed by atoms with E-state index in [9.17, 15) is 9.59 Å². The van der Waals surface area contributed by atoms with Crippen LogP contribution >= 0.6 is 0 Å². The quantitative estimate of drug-likeness (QED) is 0.654. The maximum atomic E-state index is 11.5. The largest absolute Gasteiger partial charge is 0.337 e. The molecule has 2 aliphatic rings. The minimum atomic E-state index is -0.254. The molecule has 1 N–H and O–H groups in total. The Hall–Kier alpha value is -1.26. The Labute approximate surface area is 83.0 Å². The Morgan fingerprint density at radius 2 is 2.29 bits per heavy atom. The van der Waals surface area contributed by atoms with Gasteiger partial charge in [-0.3, -0.25) is 0 Å². The highest BCUT2D eigenvalue weighted by atomic mass is 16.2. The van der Waals surface area contributed by atoms with Crippen LogP contribution < -0.4 is 5.32 Å². The van der Waals surface area contributed by atoms with Crippen LogP contribution in [0, 0.1) is 5.92 Å². The van der Waals surface area contributed by atoms with Gasteiger partial charge >= 0.3 is 12.1 Å². The fourth-order valence-electron chi connectivity index (χ4n) is 1.57. The molecule has 0 aromatic heterocycles. The Morgan fingerprint density at radius 3 is 2.79 bits per heavy atom. The fraction of sp³-hybridized carbons (Fsp3) is 0.778. The van der Waals surface area contributed by atoms with Gasteiger partial charge in [0.1, 0.15) is 0 Å². The second-order valence-electron chi connectivity index (χ2n) is 4.28. The van der Waals surface area contributed by atoms with Crippen LogP contribution in [0.25, 0.3) is 0 Å². The molecule has 0 aromatic carbocycles. The summed E-state index contributed by atoms with van der Waals surface area (Å²) < 4.78 is 0. The molecule has 2 heterocycles. The summed E-state index contributed by atoms with van der Waals surface area (Å²) in [5, 5.41) is 2.74. The van der Waals surface area contributed by atoms with Gasteiger partial charge in [0.15, 0.2) is 0 Å². The number of rotatable bonds is 2. The van der Waals surface area contributed by atoms with Crippen molar-refractivity contribution in [1.29, 1.82) is 0 Å². The molecule has 4 amide bonds. The van der Waals surface area contributed by atoms with E-state index in [0.717, 1.165) is 6.54 Å². The third kappa shape index (κ3) is 1.54. The topological polar surface area (TPSA) is 52.4 Å². The lowest BCUT2D eigenvalue weighted by Crippen LogP contribution is -2.44. The highest BCUT2D eigenvalue weighted by Crippen LogP contribution is 2.27. The van der Waals surface area contributed by atoms with Gasteiger partial charge in [0.05, 0.1) is 12.6 Å². The Bertz CT molecular complexity index is 277. The highest BCUT2D eigenvalue weighted by molar-refractivity contribution is 5.96. The number of hydrogen-bond acceptors (Lipinski definition) is 2. The standard InChI is InChI=1S/C9H15N3O2/c1-6(2)3-10-8(13)12-5-7-4-11(7)9(12)14/h6-7H,3-5H2,1-2H3,(H,10,13). The van der Waals surface area contributed by atoms with Crippen LogP contribution in [-0.4, -0.2) is 47.5 Å². The van der Waals surface area contributed by atoms with Gasteiger partial charge in [-0.25, -0.2) is 14.5 Å². The molecule has 1 unspecified atom stereocenters. The molecule has 0 aliphatic carbocycles. The Kier molecular flexibility index (Phi) is 2.09. The molecule has 5 nitrogen and oxygen atoms in total. The van der Waals surface area contributed by atoms with Crippen LogP contribution in [0.15, 0.2) is 0 Å². The van der Waals surface area contributed by atoms with E-state index in [1.165, 1.54) is 4.90 Å². The second kappa shape index (κ2) is 3.15. The average molecular weight is 197 g/mol. The summed E-state index contributed by atoms with van der Waals surface area (Å²) in [6, 6.07) is -0.0977. The number of amides is 4. The van der Waals surface area contributed by atoms with Crippen LogP contribution in [0.5, 0.6) is 0 Å². The van der Waals surface area contributed by atoms with Crippen molar-refractivity contribution in [3.8, 4) is 0 Å². The molecule has 0 spiro atoms. The maximum absolute atomic E-state index is 11.5. The van der Waals surface area contributed by atoms with Crippen molar-refractivity contribution in [3.63, 3.8) is 0 Å².